The van der Waals surface area contributed by atoms with Crippen molar-refractivity contribution in [3.05, 3.63) is 23.8 Å². The van der Waals surface area contributed by atoms with E-state index < -0.39 is 0 Å². The van der Waals surface area contributed by atoms with E-state index in [0.717, 1.165) is 18.7 Å². The zero-order valence-corrected chi connectivity index (χ0v) is 12.4. The summed E-state index contributed by atoms with van der Waals surface area (Å²) < 4.78 is 15.8. The molecule has 0 bridgehead atoms. The fourth-order valence-corrected chi connectivity index (χ4v) is 1.66. The lowest BCUT2D eigenvalue weighted by Crippen LogP contribution is -2.15. The third kappa shape index (κ3) is 5.48. The van der Waals surface area contributed by atoms with Gasteiger partial charge in [-0.3, -0.25) is 0 Å². The number of hydrogen-bond acceptors (Lipinski definition) is 5. The number of rotatable bonds is 9. The van der Waals surface area contributed by atoms with Crippen LogP contribution in [0.15, 0.2) is 18.2 Å². The van der Waals surface area contributed by atoms with E-state index in [1.54, 1.807) is 6.92 Å². The maximum atomic E-state index is 11.3. The molecule has 0 amide bonds. The molecule has 0 atom stereocenters. The van der Waals surface area contributed by atoms with E-state index in [1.165, 1.54) is 0 Å². The first kappa shape index (κ1) is 16.3. The molecular formula is C15H23NO4. The van der Waals surface area contributed by atoms with Gasteiger partial charge in [0.1, 0.15) is 0 Å². The molecule has 1 N–H and O–H groups in total. The van der Waals surface area contributed by atoms with E-state index in [4.69, 9.17) is 14.2 Å². The Balaban J connectivity index is 2.70. The number of ether oxygens (including phenoxy) is 3. The molecule has 112 valence electrons. The second-order valence-electron chi connectivity index (χ2n) is 4.09. The third-order valence-corrected chi connectivity index (χ3v) is 2.54. The van der Waals surface area contributed by atoms with E-state index in [0.29, 0.717) is 24.7 Å². The van der Waals surface area contributed by atoms with E-state index >= 15 is 0 Å². The van der Waals surface area contributed by atoms with Crippen LogP contribution in [0.1, 0.15) is 26.3 Å². The van der Waals surface area contributed by atoms with Crippen LogP contribution in [0.4, 0.5) is 0 Å². The van der Waals surface area contributed by atoms with Gasteiger partial charge in [-0.2, -0.15) is 0 Å². The fourth-order valence-electron chi connectivity index (χ4n) is 1.66. The molecule has 1 rings (SSSR count). The van der Waals surface area contributed by atoms with Crippen LogP contribution in [-0.2, 0) is 16.1 Å². The highest BCUT2D eigenvalue weighted by atomic mass is 16.6. The van der Waals surface area contributed by atoms with Gasteiger partial charge < -0.3 is 19.5 Å². The summed E-state index contributed by atoms with van der Waals surface area (Å²) in [6, 6.07) is 5.69. The van der Waals surface area contributed by atoms with Crippen molar-refractivity contribution in [2.75, 3.05) is 26.4 Å². The summed E-state index contributed by atoms with van der Waals surface area (Å²) in [5.41, 5.74) is 1.11. The van der Waals surface area contributed by atoms with Crippen LogP contribution in [0.5, 0.6) is 11.5 Å². The second-order valence-corrected chi connectivity index (χ2v) is 4.09. The van der Waals surface area contributed by atoms with Crippen molar-refractivity contribution in [1.82, 2.24) is 5.32 Å². The minimum Gasteiger partial charge on any atom is -0.490 e. The molecule has 0 saturated carbocycles. The van der Waals surface area contributed by atoms with Crippen molar-refractivity contribution < 1.29 is 19.0 Å². The Morgan fingerprint density at radius 1 is 1.10 bits per heavy atom. The van der Waals surface area contributed by atoms with Crippen LogP contribution < -0.4 is 14.8 Å². The molecule has 5 heteroatoms. The molecule has 0 saturated heterocycles. The number of carbonyl (C=O) groups is 1. The van der Waals surface area contributed by atoms with E-state index in [2.05, 4.69) is 12.2 Å². The van der Waals surface area contributed by atoms with Crippen LogP contribution in [0.3, 0.4) is 0 Å². The topological polar surface area (TPSA) is 56.8 Å². The molecule has 1 aromatic carbocycles. The lowest BCUT2D eigenvalue weighted by atomic mass is 10.2. The van der Waals surface area contributed by atoms with Crippen molar-refractivity contribution in [3.8, 4) is 11.5 Å². The lowest BCUT2D eigenvalue weighted by Gasteiger charge is -2.13. The van der Waals surface area contributed by atoms with Gasteiger partial charge in [-0.05, 0) is 38.1 Å². The molecule has 0 unspecified atom stereocenters. The highest BCUT2D eigenvalue weighted by Crippen LogP contribution is 2.28. The molecule has 5 nitrogen and oxygen atoms in total. The molecule has 0 spiro atoms. The summed E-state index contributed by atoms with van der Waals surface area (Å²) in [5.74, 6) is 0.819. The van der Waals surface area contributed by atoms with Gasteiger partial charge in [-0.1, -0.05) is 13.0 Å². The lowest BCUT2D eigenvalue weighted by molar-refractivity contribution is -0.145. The van der Waals surface area contributed by atoms with Gasteiger partial charge in [0, 0.05) is 6.54 Å². The smallest absolute Gasteiger partial charge is 0.344 e. The monoisotopic (exact) mass is 281 g/mol. The van der Waals surface area contributed by atoms with Crippen LogP contribution in [0.2, 0.25) is 0 Å². The average Bonchev–Trinajstić information content (AvgIpc) is 2.44. The Morgan fingerprint density at radius 2 is 1.90 bits per heavy atom. The number of hydrogen-bond donors (Lipinski definition) is 1. The number of benzene rings is 1. The van der Waals surface area contributed by atoms with Gasteiger partial charge in [0.25, 0.3) is 0 Å². The quantitative estimate of drug-likeness (QED) is 0.703. The first-order valence-corrected chi connectivity index (χ1v) is 6.96. The summed E-state index contributed by atoms with van der Waals surface area (Å²) in [4.78, 5) is 11.3. The van der Waals surface area contributed by atoms with Gasteiger partial charge in [0.2, 0.25) is 0 Å². The zero-order chi connectivity index (χ0) is 14.8. The highest BCUT2D eigenvalue weighted by molar-refractivity contribution is 5.71. The maximum absolute atomic E-state index is 11.3. The van der Waals surface area contributed by atoms with Crippen molar-refractivity contribution in [3.63, 3.8) is 0 Å². The minimum atomic E-state index is -0.383. The largest absolute Gasteiger partial charge is 0.490 e. The molecule has 0 aromatic heterocycles. The molecule has 20 heavy (non-hydrogen) atoms. The number of esters is 1. The third-order valence-electron chi connectivity index (χ3n) is 2.54. The van der Waals surface area contributed by atoms with Crippen LogP contribution >= 0.6 is 0 Å². The van der Waals surface area contributed by atoms with Gasteiger partial charge in [-0.25, -0.2) is 4.79 Å². The molecule has 1 aromatic rings. The Labute approximate surface area is 120 Å². The number of nitrogens with one attached hydrogen (secondary N) is 1. The highest BCUT2D eigenvalue weighted by Gasteiger charge is 2.09. The standard InChI is InChI=1S/C15H23NO4/c1-4-16-10-12-7-8-13(14(9-12)18-5-2)20-11-15(17)19-6-3/h7-9,16H,4-6,10-11H2,1-3H3. The van der Waals surface area contributed by atoms with Crippen LogP contribution in [0.25, 0.3) is 0 Å². The summed E-state index contributed by atoms with van der Waals surface area (Å²) in [6.07, 6.45) is 0. The fraction of sp³-hybridized carbons (Fsp3) is 0.533. The Bertz CT molecular complexity index is 420. The van der Waals surface area contributed by atoms with Crippen LogP contribution in [0, 0.1) is 0 Å². The van der Waals surface area contributed by atoms with Crippen molar-refractivity contribution in [2.24, 2.45) is 0 Å². The van der Waals surface area contributed by atoms with Gasteiger partial charge >= 0.3 is 5.97 Å². The Kier molecular flexibility index (Phi) is 7.50. The van der Waals surface area contributed by atoms with Crippen molar-refractivity contribution in [1.29, 1.82) is 0 Å². The predicted molar refractivity (Wildman–Crippen MR) is 77.1 cm³/mol. The van der Waals surface area contributed by atoms with E-state index in [9.17, 15) is 4.79 Å². The molecule has 0 fully saturated rings. The molecule has 0 heterocycles. The van der Waals surface area contributed by atoms with E-state index in [-0.39, 0.29) is 12.6 Å². The molecule has 0 aliphatic heterocycles. The van der Waals surface area contributed by atoms with Crippen LogP contribution in [-0.4, -0.2) is 32.3 Å². The Hall–Kier alpha value is -1.75. The molecule has 0 radical (unpaired) electrons. The molecular weight excluding hydrogens is 258 g/mol. The first-order chi connectivity index (χ1) is 9.71. The first-order valence-electron chi connectivity index (χ1n) is 6.96. The second kappa shape index (κ2) is 9.20. The maximum Gasteiger partial charge on any atom is 0.344 e. The zero-order valence-electron chi connectivity index (χ0n) is 12.4. The summed E-state index contributed by atoms with van der Waals surface area (Å²) in [5, 5.41) is 3.25. The van der Waals surface area contributed by atoms with E-state index in [1.807, 2.05) is 25.1 Å². The predicted octanol–water partition coefficient (Wildman–Crippen LogP) is 2.14. The molecule has 0 aliphatic rings. The summed E-state index contributed by atoms with van der Waals surface area (Å²) >= 11 is 0. The van der Waals surface area contributed by atoms with Gasteiger partial charge in [-0.15, -0.1) is 0 Å². The van der Waals surface area contributed by atoms with Gasteiger partial charge in [0.05, 0.1) is 13.2 Å². The average molecular weight is 281 g/mol. The normalized spacial score (nSPS) is 10.2. The minimum absolute atomic E-state index is 0.111. The van der Waals surface area contributed by atoms with Crippen molar-refractivity contribution in [2.45, 2.75) is 27.3 Å². The summed E-state index contributed by atoms with van der Waals surface area (Å²) in [7, 11) is 0. The Morgan fingerprint density at radius 3 is 2.55 bits per heavy atom. The van der Waals surface area contributed by atoms with Crippen molar-refractivity contribution >= 4 is 5.97 Å². The van der Waals surface area contributed by atoms with Gasteiger partial charge in [0.15, 0.2) is 18.1 Å². The molecule has 0 aliphatic carbocycles. The number of carbonyl (C=O) groups excluding carboxylic acids is 1. The SMILES string of the molecule is CCNCc1ccc(OCC(=O)OCC)c(OCC)c1. The summed E-state index contributed by atoms with van der Waals surface area (Å²) in [6.45, 7) is 8.19.